The van der Waals surface area contributed by atoms with E-state index in [1.807, 2.05) is 44.2 Å². The van der Waals surface area contributed by atoms with Crippen molar-refractivity contribution < 1.29 is 23.5 Å². The molecule has 1 N–H and O–H groups in total. The van der Waals surface area contributed by atoms with E-state index in [1.54, 1.807) is 19.1 Å². The number of hydrogen-bond acceptors (Lipinski definition) is 6. The molecule has 0 aliphatic carbocycles. The van der Waals surface area contributed by atoms with Gasteiger partial charge in [0.25, 0.3) is 0 Å². The Bertz CT molecular complexity index is 1140. The second-order valence-electron chi connectivity index (χ2n) is 7.35. The highest BCUT2D eigenvalue weighted by molar-refractivity contribution is 5.91. The van der Waals surface area contributed by atoms with Gasteiger partial charge in [0.2, 0.25) is 0 Å². The van der Waals surface area contributed by atoms with Gasteiger partial charge < -0.3 is 19.2 Å². The van der Waals surface area contributed by atoms with E-state index in [0.29, 0.717) is 29.4 Å². The molecule has 162 valence electrons. The van der Waals surface area contributed by atoms with Crippen molar-refractivity contribution in [3.8, 4) is 5.75 Å². The molecule has 7 heteroatoms. The van der Waals surface area contributed by atoms with Crippen molar-refractivity contribution in [3.63, 3.8) is 0 Å². The van der Waals surface area contributed by atoms with Crippen molar-refractivity contribution in [2.24, 2.45) is 0 Å². The molecule has 0 bridgehead atoms. The molecule has 0 saturated heterocycles. The molecule has 31 heavy (non-hydrogen) atoms. The zero-order chi connectivity index (χ0) is 22.4. The molecule has 3 rings (SSSR count). The van der Waals surface area contributed by atoms with Crippen LogP contribution in [-0.2, 0) is 16.1 Å². The van der Waals surface area contributed by atoms with Crippen LogP contribution in [-0.4, -0.2) is 18.1 Å². The van der Waals surface area contributed by atoms with Crippen LogP contribution in [0.2, 0.25) is 0 Å². The topological polar surface area (TPSA) is 94.8 Å². The van der Waals surface area contributed by atoms with E-state index in [1.165, 1.54) is 6.07 Å². The number of ether oxygens (including phenoxy) is 2. The van der Waals surface area contributed by atoms with Gasteiger partial charge in [-0.15, -0.1) is 0 Å². The maximum absolute atomic E-state index is 12.9. The van der Waals surface area contributed by atoms with Crippen LogP contribution in [0.1, 0.15) is 36.5 Å². The normalized spacial score (nSPS) is 11.7. The molecule has 0 fully saturated rings. The highest BCUT2D eigenvalue weighted by atomic mass is 16.6. The first-order chi connectivity index (χ1) is 14.9. The van der Waals surface area contributed by atoms with Crippen LogP contribution < -0.4 is 15.7 Å². The van der Waals surface area contributed by atoms with E-state index in [2.05, 4.69) is 5.32 Å². The molecule has 0 unspecified atom stereocenters. The Morgan fingerprint density at radius 3 is 2.55 bits per heavy atom. The number of rotatable bonds is 7. The minimum atomic E-state index is -0.875. The smallest absolute Gasteiger partial charge is 0.408 e. The maximum atomic E-state index is 12.9. The molecule has 2 aromatic carbocycles. The molecule has 0 spiro atoms. The molecular weight excluding hydrogens is 398 g/mol. The third kappa shape index (κ3) is 5.72. The SMILES string of the molecule is CCC[C@@H](NC(=O)OCc1ccccc1)C(=O)Oc1cc(C)cc2oc(=O)cc(C)c12. The van der Waals surface area contributed by atoms with Crippen molar-refractivity contribution in [2.75, 3.05) is 0 Å². The van der Waals surface area contributed by atoms with Gasteiger partial charge in [-0.1, -0.05) is 43.7 Å². The molecule has 7 nitrogen and oxygen atoms in total. The Morgan fingerprint density at radius 2 is 1.84 bits per heavy atom. The van der Waals surface area contributed by atoms with E-state index in [4.69, 9.17) is 13.9 Å². The van der Waals surface area contributed by atoms with Crippen molar-refractivity contribution in [1.82, 2.24) is 5.32 Å². The predicted octanol–water partition coefficient (Wildman–Crippen LogP) is 4.41. The van der Waals surface area contributed by atoms with Gasteiger partial charge in [0.1, 0.15) is 24.0 Å². The zero-order valence-corrected chi connectivity index (χ0v) is 17.8. The first kappa shape index (κ1) is 22.1. The monoisotopic (exact) mass is 423 g/mol. The largest absolute Gasteiger partial charge is 0.445 e. The average Bonchev–Trinajstić information content (AvgIpc) is 2.71. The number of esters is 1. The van der Waals surface area contributed by atoms with Crippen LogP contribution in [0.3, 0.4) is 0 Å². The average molecular weight is 423 g/mol. The van der Waals surface area contributed by atoms with Crippen molar-refractivity contribution in [2.45, 2.75) is 46.3 Å². The summed E-state index contributed by atoms with van der Waals surface area (Å²) in [5.41, 5.74) is 2.12. The second kappa shape index (κ2) is 9.93. The van der Waals surface area contributed by atoms with Gasteiger partial charge in [-0.2, -0.15) is 0 Å². The fourth-order valence-corrected chi connectivity index (χ4v) is 3.28. The summed E-state index contributed by atoms with van der Waals surface area (Å²) >= 11 is 0. The Balaban J connectivity index is 1.75. The molecular formula is C24H25NO6. The van der Waals surface area contributed by atoms with Gasteiger partial charge in [0, 0.05) is 6.07 Å². The summed E-state index contributed by atoms with van der Waals surface area (Å²) < 4.78 is 16.1. The highest BCUT2D eigenvalue weighted by Gasteiger charge is 2.24. The summed E-state index contributed by atoms with van der Waals surface area (Å²) in [6.45, 7) is 5.55. The predicted molar refractivity (Wildman–Crippen MR) is 116 cm³/mol. The lowest BCUT2D eigenvalue weighted by atomic mass is 10.1. The van der Waals surface area contributed by atoms with E-state index in [0.717, 1.165) is 11.1 Å². The molecule has 0 radical (unpaired) electrons. The second-order valence-corrected chi connectivity index (χ2v) is 7.35. The van der Waals surface area contributed by atoms with E-state index in [9.17, 15) is 14.4 Å². The number of benzene rings is 2. The molecule has 0 aliphatic heterocycles. The van der Waals surface area contributed by atoms with Gasteiger partial charge >= 0.3 is 17.7 Å². The Labute approximate surface area is 180 Å². The van der Waals surface area contributed by atoms with Crippen LogP contribution in [0.25, 0.3) is 11.0 Å². The maximum Gasteiger partial charge on any atom is 0.408 e. The number of fused-ring (bicyclic) bond motifs is 1. The summed E-state index contributed by atoms with van der Waals surface area (Å²) in [7, 11) is 0. The third-order valence-electron chi connectivity index (χ3n) is 4.73. The number of hydrogen-bond donors (Lipinski definition) is 1. The van der Waals surface area contributed by atoms with Gasteiger partial charge in [0.05, 0.1) is 5.39 Å². The lowest BCUT2D eigenvalue weighted by Gasteiger charge is -2.18. The molecule has 1 heterocycles. The number of carbonyl (C=O) groups excluding carboxylic acids is 2. The van der Waals surface area contributed by atoms with Crippen LogP contribution in [0.5, 0.6) is 5.75 Å². The standard InChI is InChI=1S/C24H25NO6/c1-4-8-18(25-24(28)29-14-17-9-6-5-7-10-17)23(27)31-20-12-15(2)11-19-22(20)16(3)13-21(26)30-19/h5-7,9-13,18H,4,8,14H2,1-3H3,(H,25,28)/t18-/m1/s1. The third-order valence-corrected chi connectivity index (χ3v) is 4.73. The number of carbonyl (C=O) groups is 2. The fourth-order valence-electron chi connectivity index (χ4n) is 3.28. The first-order valence-corrected chi connectivity index (χ1v) is 10.1. The molecule has 0 saturated carbocycles. The Morgan fingerprint density at radius 1 is 1.10 bits per heavy atom. The van der Waals surface area contributed by atoms with Crippen molar-refractivity contribution in [1.29, 1.82) is 0 Å². The highest BCUT2D eigenvalue weighted by Crippen LogP contribution is 2.30. The summed E-state index contributed by atoms with van der Waals surface area (Å²) in [6.07, 6.45) is 0.341. The van der Waals surface area contributed by atoms with Gasteiger partial charge in [-0.3, -0.25) is 0 Å². The molecule has 3 aromatic rings. The fraction of sp³-hybridized carbons (Fsp3) is 0.292. The van der Waals surface area contributed by atoms with E-state index >= 15 is 0 Å². The van der Waals surface area contributed by atoms with E-state index < -0.39 is 23.7 Å². The summed E-state index contributed by atoms with van der Waals surface area (Å²) in [6, 6.07) is 13.1. The molecule has 1 aromatic heterocycles. The lowest BCUT2D eigenvalue weighted by Crippen LogP contribution is -2.43. The van der Waals surface area contributed by atoms with Crippen LogP contribution in [0, 0.1) is 13.8 Å². The summed E-state index contributed by atoms with van der Waals surface area (Å²) in [5, 5.41) is 3.13. The zero-order valence-electron chi connectivity index (χ0n) is 17.8. The number of alkyl carbamates (subject to hydrolysis) is 1. The van der Waals surface area contributed by atoms with Gasteiger partial charge in [-0.25, -0.2) is 14.4 Å². The van der Waals surface area contributed by atoms with Crippen LogP contribution in [0.4, 0.5) is 4.79 Å². The molecule has 1 atom stereocenters. The quantitative estimate of drug-likeness (QED) is 0.344. The molecule has 0 aliphatic rings. The van der Waals surface area contributed by atoms with E-state index in [-0.39, 0.29) is 12.4 Å². The number of amides is 1. The van der Waals surface area contributed by atoms with Crippen LogP contribution in [0.15, 0.2) is 57.7 Å². The van der Waals surface area contributed by atoms with Crippen LogP contribution >= 0.6 is 0 Å². The van der Waals surface area contributed by atoms with Crippen molar-refractivity contribution >= 4 is 23.0 Å². The van der Waals surface area contributed by atoms with Gasteiger partial charge in [-0.05, 0) is 49.1 Å². The summed E-state index contributed by atoms with van der Waals surface area (Å²) in [4.78, 5) is 36.8. The molecule has 1 amide bonds. The van der Waals surface area contributed by atoms with Gasteiger partial charge in [0.15, 0.2) is 0 Å². The number of aryl methyl sites for hydroxylation is 2. The summed E-state index contributed by atoms with van der Waals surface area (Å²) in [5.74, 6) is -0.335. The first-order valence-electron chi connectivity index (χ1n) is 10.1. The lowest BCUT2D eigenvalue weighted by molar-refractivity contribution is -0.136. The Hall–Kier alpha value is -3.61. The minimum Gasteiger partial charge on any atom is -0.445 e. The number of nitrogens with one attached hydrogen (secondary N) is 1. The van der Waals surface area contributed by atoms with Crippen molar-refractivity contribution in [3.05, 3.63) is 75.6 Å². The minimum absolute atomic E-state index is 0.0985. The Kier molecular flexibility index (Phi) is 7.07.